The first kappa shape index (κ1) is 13.7. The third-order valence-electron chi connectivity index (χ3n) is 6.02. The maximum atomic E-state index is 6.32. The van der Waals surface area contributed by atoms with E-state index in [1.54, 1.807) is 0 Å². The topological polar surface area (TPSA) is 44.5 Å². The molecule has 0 radical (unpaired) electrons. The molecule has 1 aliphatic heterocycles. The molecular formula is C15H26BNO2. The Bertz CT molecular complexity index is 386. The molecule has 0 aromatic heterocycles. The van der Waals surface area contributed by atoms with Crippen molar-refractivity contribution in [1.82, 2.24) is 0 Å². The molecule has 0 amide bonds. The van der Waals surface area contributed by atoms with E-state index in [9.17, 15) is 0 Å². The molecule has 1 saturated heterocycles. The molecule has 4 aliphatic rings. The number of allylic oxidation sites excluding steroid dienone is 1. The molecule has 1 heterocycles. The van der Waals surface area contributed by atoms with E-state index >= 15 is 0 Å². The van der Waals surface area contributed by atoms with Gasteiger partial charge < -0.3 is 15.0 Å². The van der Waals surface area contributed by atoms with E-state index in [1.165, 1.54) is 6.42 Å². The Morgan fingerprint density at radius 1 is 1.42 bits per heavy atom. The highest BCUT2D eigenvalue weighted by molar-refractivity contribution is 6.47. The van der Waals surface area contributed by atoms with Gasteiger partial charge in [0.05, 0.1) is 11.7 Å². The predicted octanol–water partition coefficient (Wildman–Crippen LogP) is 2.55. The summed E-state index contributed by atoms with van der Waals surface area (Å²) in [7, 11) is -0.231. The maximum absolute atomic E-state index is 6.32. The van der Waals surface area contributed by atoms with Gasteiger partial charge in [0.15, 0.2) is 0 Å². The molecule has 2 bridgehead atoms. The molecule has 0 spiro atoms. The lowest BCUT2D eigenvalue weighted by Crippen LogP contribution is -2.65. The van der Waals surface area contributed by atoms with E-state index in [1.807, 2.05) is 6.08 Å². The molecule has 4 rings (SSSR count). The fourth-order valence-electron chi connectivity index (χ4n) is 4.53. The van der Waals surface area contributed by atoms with Gasteiger partial charge in [-0.15, -0.1) is 6.58 Å². The van der Waals surface area contributed by atoms with Crippen LogP contribution in [-0.4, -0.2) is 24.8 Å². The van der Waals surface area contributed by atoms with E-state index < -0.39 is 0 Å². The normalized spacial score (nSPS) is 44.4. The van der Waals surface area contributed by atoms with Gasteiger partial charge in [-0.3, -0.25) is 0 Å². The van der Waals surface area contributed by atoms with Crippen LogP contribution in [-0.2, 0) is 9.31 Å². The SMILES string of the molecule is C=CCCC(N)B1O[C@@H]2C[C@@H]3C[C@@H](C3(C)C)[C@]2(C)O1. The first-order valence-corrected chi connectivity index (χ1v) is 7.59. The van der Waals surface area contributed by atoms with Crippen LogP contribution < -0.4 is 5.73 Å². The summed E-state index contributed by atoms with van der Waals surface area (Å²) in [5, 5.41) is 0. The van der Waals surface area contributed by atoms with Crippen LogP contribution in [0.25, 0.3) is 0 Å². The minimum absolute atomic E-state index is 0.0410. The standard InChI is InChI=1S/C15H26BNO2/c1-5-6-7-13(17)16-18-12-9-10-8-11(14(10,2)3)15(12,4)19-16/h5,10-13H,1,6-9,17H2,2-4H3/t10-,11-,12+,13?,15-/m0/s1. The second-order valence-corrected chi connectivity index (χ2v) is 7.37. The summed E-state index contributed by atoms with van der Waals surface area (Å²) in [6.45, 7) is 10.7. The van der Waals surface area contributed by atoms with Crippen molar-refractivity contribution in [2.45, 2.75) is 64.1 Å². The minimum atomic E-state index is -0.231. The average molecular weight is 263 g/mol. The fourth-order valence-corrected chi connectivity index (χ4v) is 4.53. The molecule has 106 valence electrons. The Morgan fingerprint density at radius 2 is 2.16 bits per heavy atom. The van der Waals surface area contributed by atoms with Gasteiger partial charge in [-0.05, 0) is 49.9 Å². The molecule has 19 heavy (non-hydrogen) atoms. The van der Waals surface area contributed by atoms with E-state index in [-0.39, 0.29) is 24.8 Å². The van der Waals surface area contributed by atoms with Crippen molar-refractivity contribution in [3.8, 4) is 0 Å². The van der Waals surface area contributed by atoms with Crippen LogP contribution >= 0.6 is 0 Å². The predicted molar refractivity (Wildman–Crippen MR) is 77.5 cm³/mol. The van der Waals surface area contributed by atoms with Crippen LogP contribution in [0.15, 0.2) is 12.7 Å². The Balaban J connectivity index is 1.72. The highest BCUT2D eigenvalue weighted by Crippen LogP contribution is 2.65. The fraction of sp³-hybridized carbons (Fsp3) is 0.867. The summed E-state index contributed by atoms with van der Waals surface area (Å²) in [4.78, 5) is 0. The Kier molecular flexibility index (Phi) is 3.12. The van der Waals surface area contributed by atoms with E-state index in [4.69, 9.17) is 15.0 Å². The molecule has 1 unspecified atom stereocenters. The molecular weight excluding hydrogens is 237 g/mol. The van der Waals surface area contributed by atoms with Crippen molar-refractivity contribution in [2.75, 3.05) is 0 Å². The van der Waals surface area contributed by atoms with Crippen LogP contribution in [0.1, 0.15) is 46.5 Å². The second-order valence-electron chi connectivity index (χ2n) is 7.37. The van der Waals surface area contributed by atoms with Crippen molar-refractivity contribution in [3.63, 3.8) is 0 Å². The maximum Gasteiger partial charge on any atom is 0.475 e. The molecule has 2 N–H and O–H groups in total. The third kappa shape index (κ3) is 1.84. The van der Waals surface area contributed by atoms with Crippen molar-refractivity contribution < 1.29 is 9.31 Å². The van der Waals surface area contributed by atoms with Gasteiger partial charge in [0, 0.05) is 5.94 Å². The monoisotopic (exact) mass is 263 g/mol. The van der Waals surface area contributed by atoms with Gasteiger partial charge in [-0.25, -0.2) is 0 Å². The van der Waals surface area contributed by atoms with Crippen LogP contribution in [0.2, 0.25) is 0 Å². The van der Waals surface area contributed by atoms with E-state index in [2.05, 4.69) is 27.4 Å². The van der Waals surface area contributed by atoms with Crippen LogP contribution in [0.5, 0.6) is 0 Å². The number of rotatable bonds is 4. The second kappa shape index (κ2) is 4.34. The zero-order valence-electron chi connectivity index (χ0n) is 12.4. The summed E-state index contributed by atoms with van der Waals surface area (Å²) >= 11 is 0. The summed E-state index contributed by atoms with van der Waals surface area (Å²) < 4.78 is 12.5. The quantitative estimate of drug-likeness (QED) is 0.626. The Morgan fingerprint density at radius 3 is 2.79 bits per heavy atom. The number of hydrogen-bond acceptors (Lipinski definition) is 3. The van der Waals surface area contributed by atoms with E-state index in [0.29, 0.717) is 11.3 Å². The number of nitrogens with two attached hydrogens (primary N) is 1. The van der Waals surface area contributed by atoms with Crippen molar-refractivity contribution in [3.05, 3.63) is 12.7 Å². The first-order valence-electron chi connectivity index (χ1n) is 7.59. The van der Waals surface area contributed by atoms with Gasteiger partial charge in [0.1, 0.15) is 0 Å². The molecule has 4 heteroatoms. The van der Waals surface area contributed by atoms with E-state index in [0.717, 1.165) is 25.2 Å². The minimum Gasteiger partial charge on any atom is -0.404 e. The van der Waals surface area contributed by atoms with Gasteiger partial charge in [-0.2, -0.15) is 0 Å². The smallest absolute Gasteiger partial charge is 0.404 e. The van der Waals surface area contributed by atoms with Crippen molar-refractivity contribution in [2.24, 2.45) is 23.0 Å². The number of hydrogen-bond donors (Lipinski definition) is 1. The summed E-state index contributed by atoms with van der Waals surface area (Å²) in [6.07, 6.45) is 6.37. The van der Waals surface area contributed by atoms with Crippen LogP contribution in [0.4, 0.5) is 0 Å². The lowest BCUT2D eigenvalue weighted by molar-refractivity contribution is -0.199. The van der Waals surface area contributed by atoms with Gasteiger partial charge in [0.2, 0.25) is 0 Å². The lowest BCUT2D eigenvalue weighted by atomic mass is 9.43. The molecule has 0 aromatic rings. The molecule has 0 aromatic carbocycles. The molecule has 3 saturated carbocycles. The highest BCUT2D eigenvalue weighted by Gasteiger charge is 2.68. The third-order valence-corrected chi connectivity index (χ3v) is 6.02. The van der Waals surface area contributed by atoms with Crippen LogP contribution in [0.3, 0.4) is 0 Å². The van der Waals surface area contributed by atoms with Gasteiger partial charge in [-0.1, -0.05) is 19.9 Å². The van der Waals surface area contributed by atoms with Gasteiger partial charge in [0.25, 0.3) is 0 Å². The molecule has 5 atom stereocenters. The molecule has 3 nitrogen and oxygen atoms in total. The largest absolute Gasteiger partial charge is 0.475 e. The van der Waals surface area contributed by atoms with Gasteiger partial charge >= 0.3 is 7.12 Å². The van der Waals surface area contributed by atoms with Crippen molar-refractivity contribution >= 4 is 7.12 Å². The average Bonchev–Trinajstić information content (AvgIpc) is 2.72. The first-order chi connectivity index (χ1) is 8.89. The summed E-state index contributed by atoms with van der Waals surface area (Å²) in [5.74, 6) is 1.36. The Hall–Kier alpha value is -0.315. The lowest BCUT2D eigenvalue weighted by Gasteiger charge is -2.64. The summed E-state index contributed by atoms with van der Waals surface area (Å²) in [5.41, 5.74) is 6.47. The van der Waals surface area contributed by atoms with Crippen molar-refractivity contribution in [1.29, 1.82) is 0 Å². The zero-order chi connectivity index (χ0) is 13.8. The zero-order valence-corrected chi connectivity index (χ0v) is 12.4. The van der Waals surface area contributed by atoms with Crippen LogP contribution in [0, 0.1) is 17.3 Å². The Labute approximate surface area is 117 Å². The summed E-state index contributed by atoms with van der Waals surface area (Å²) in [6, 6.07) is 0. The molecule has 3 aliphatic carbocycles. The molecule has 4 fully saturated rings. The highest BCUT2D eigenvalue weighted by atomic mass is 16.7.